The van der Waals surface area contributed by atoms with Crippen LogP contribution < -0.4 is 9.47 Å². The normalized spacial score (nSPS) is 10.1. The number of hydrogen-bond donors (Lipinski definition) is 0. The summed E-state index contributed by atoms with van der Waals surface area (Å²) in [5, 5.41) is 0.731. The summed E-state index contributed by atoms with van der Waals surface area (Å²) in [7, 11) is 3.25. The molecular weight excluding hydrogens is 236 g/mol. The van der Waals surface area contributed by atoms with Crippen molar-refractivity contribution in [3.05, 3.63) is 47.5 Å². The van der Waals surface area contributed by atoms with Crippen LogP contribution in [0.25, 0.3) is 11.1 Å². The van der Waals surface area contributed by atoms with E-state index in [1.165, 1.54) is 0 Å². The molecule has 0 heterocycles. The van der Waals surface area contributed by atoms with Gasteiger partial charge in [-0.3, -0.25) is 0 Å². The maximum absolute atomic E-state index is 5.86. The van der Waals surface area contributed by atoms with Gasteiger partial charge in [0.05, 0.1) is 14.2 Å². The van der Waals surface area contributed by atoms with Gasteiger partial charge in [-0.2, -0.15) is 0 Å². The van der Waals surface area contributed by atoms with E-state index in [1.54, 1.807) is 14.2 Å². The second-order valence-corrected chi connectivity index (χ2v) is 4.01. The van der Waals surface area contributed by atoms with Crippen molar-refractivity contribution in [3.8, 4) is 22.6 Å². The van der Waals surface area contributed by atoms with Gasteiger partial charge in [-0.25, -0.2) is 0 Å². The van der Waals surface area contributed by atoms with E-state index in [-0.39, 0.29) is 0 Å². The Morgan fingerprint density at radius 2 is 1.35 bits per heavy atom. The molecule has 0 unspecified atom stereocenters. The molecule has 0 aliphatic heterocycles. The number of halogens is 1. The summed E-state index contributed by atoms with van der Waals surface area (Å²) in [6.45, 7) is 0. The predicted octanol–water partition coefficient (Wildman–Crippen LogP) is 4.02. The molecule has 0 atom stereocenters. The molecular formula is C14H13ClO2. The van der Waals surface area contributed by atoms with Gasteiger partial charge in [0.25, 0.3) is 0 Å². The molecule has 0 bridgehead atoms. The van der Waals surface area contributed by atoms with E-state index in [1.807, 2.05) is 42.5 Å². The molecule has 3 heteroatoms. The van der Waals surface area contributed by atoms with Crippen LogP contribution in [0.4, 0.5) is 0 Å². The van der Waals surface area contributed by atoms with Crippen molar-refractivity contribution in [3.63, 3.8) is 0 Å². The Hall–Kier alpha value is -1.67. The Bertz CT molecular complexity index is 506. The lowest BCUT2D eigenvalue weighted by Gasteiger charge is -2.09. The molecule has 0 saturated carbocycles. The summed E-state index contributed by atoms with van der Waals surface area (Å²) in [5.74, 6) is 1.45. The van der Waals surface area contributed by atoms with E-state index >= 15 is 0 Å². The third kappa shape index (κ3) is 2.53. The number of rotatable bonds is 3. The number of hydrogen-bond acceptors (Lipinski definition) is 2. The Morgan fingerprint density at radius 1 is 0.765 bits per heavy atom. The van der Waals surface area contributed by atoms with Crippen LogP contribution in [0.5, 0.6) is 11.5 Å². The molecule has 2 rings (SSSR count). The van der Waals surface area contributed by atoms with Gasteiger partial charge in [-0.05, 0) is 35.4 Å². The van der Waals surface area contributed by atoms with Crippen molar-refractivity contribution >= 4 is 11.6 Å². The zero-order valence-corrected chi connectivity index (χ0v) is 10.5. The van der Waals surface area contributed by atoms with Gasteiger partial charge < -0.3 is 9.47 Å². The van der Waals surface area contributed by atoms with Crippen molar-refractivity contribution in [2.75, 3.05) is 14.2 Å². The quantitative estimate of drug-likeness (QED) is 0.817. The van der Waals surface area contributed by atoms with Crippen molar-refractivity contribution < 1.29 is 9.47 Å². The van der Waals surface area contributed by atoms with Gasteiger partial charge in [-0.1, -0.05) is 29.8 Å². The lowest BCUT2D eigenvalue weighted by Crippen LogP contribution is -1.90. The Balaban J connectivity index is 2.42. The van der Waals surface area contributed by atoms with Crippen LogP contribution in [0.15, 0.2) is 42.5 Å². The van der Waals surface area contributed by atoms with Gasteiger partial charge in [0.15, 0.2) is 11.5 Å². The van der Waals surface area contributed by atoms with E-state index in [4.69, 9.17) is 21.1 Å². The first-order valence-electron chi connectivity index (χ1n) is 5.22. The summed E-state index contributed by atoms with van der Waals surface area (Å²) >= 11 is 5.86. The molecule has 0 saturated heterocycles. The van der Waals surface area contributed by atoms with Gasteiger partial charge in [0.1, 0.15) is 0 Å². The minimum atomic E-state index is 0.722. The van der Waals surface area contributed by atoms with Crippen LogP contribution in [0, 0.1) is 0 Å². The molecule has 2 aromatic rings. The van der Waals surface area contributed by atoms with Crippen molar-refractivity contribution in [1.29, 1.82) is 0 Å². The first-order valence-corrected chi connectivity index (χ1v) is 5.60. The fraction of sp³-hybridized carbons (Fsp3) is 0.143. The highest BCUT2D eigenvalue weighted by Crippen LogP contribution is 2.32. The first kappa shape index (κ1) is 11.8. The van der Waals surface area contributed by atoms with Crippen molar-refractivity contribution in [2.45, 2.75) is 0 Å². The Kier molecular flexibility index (Phi) is 3.55. The lowest BCUT2D eigenvalue weighted by molar-refractivity contribution is 0.355. The Labute approximate surface area is 106 Å². The van der Waals surface area contributed by atoms with Gasteiger partial charge in [0.2, 0.25) is 0 Å². The topological polar surface area (TPSA) is 18.5 Å². The van der Waals surface area contributed by atoms with E-state index in [2.05, 4.69) is 0 Å². The maximum atomic E-state index is 5.86. The molecule has 0 N–H and O–H groups in total. The Morgan fingerprint density at radius 3 is 1.94 bits per heavy atom. The standard InChI is InChI=1S/C14H13ClO2/c1-16-13-8-5-11(9-14(13)17-2)10-3-6-12(15)7-4-10/h3-9H,1-2H3. The summed E-state index contributed by atoms with van der Waals surface area (Å²) in [4.78, 5) is 0. The summed E-state index contributed by atoms with van der Waals surface area (Å²) in [6.07, 6.45) is 0. The zero-order chi connectivity index (χ0) is 12.3. The average molecular weight is 249 g/mol. The molecule has 0 fully saturated rings. The van der Waals surface area contributed by atoms with Gasteiger partial charge >= 0.3 is 0 Å². The van der Waals surface area contributed by atoms with Gasteiger partial charge in [0, 0.05) is 5.02 Å². The average Bonchev–Trinajstić information content (AvgIpc) is 2.39. The third-order valence-corrected chi connectivity index (χ3v) is 2.81. The molecule has 0 amide bonds. The number of methoxy groups -OCH3 is 2. The monoisotopic (exact) mass is 248 g/mol. The molecule has 17 heavy (non-hydrogen) atoms. The first-order chi connectivity index (χ1) is 8.24. The van der Waals surface area contributed by atoms with Crippen molar-refractivity contribution in [1.82, 2.24) is 0 Å². The second kappa shape index (κ2) is 5.11. The fourth-order valence-corrected chi connectivity index (χ4v) is 1.78. The molecule has 0 aromatic heterocycles. The molecule has 0 spiro atoms. The van der Waals surface area contributed by atoms with Gasteiger partial charge in [-0.15, -0.1) is 0 Å². The smallest absolute Gasteiger partial charge is 0.161 e. The largest absolute Gasteiger partial charge is 0.493 e. The number of ether oxygens (including phenoxy) is 2. The van der Waals surface area contributed by atoms with Crippen molar-refractivity contribution in [2.24, 2.45) is 0 Å². The second-order valence-electron chi connectivity index (χ2n) is 3.58. The highest BCUT2D eigenvalue weighted by atomic mass is 35.5. The molecule has 0 aliphatic rings. The minimum Gasteiger partial charge on any atom is -0.493 e. The number of benzene rings is 2. The van der Waals surface area contributed by atoms with Crippen LogP contribution in [0.1, 0.15) is 0 Å². The lowest BCUT2D eigenvalue weighted by atomic mass is 10.1. The van der Waals surface area contributed by atoms with E-state index < -0.39 is 0 Å². The SMILES string of the molecule is COc1ccc(-c2ccc(Cl)cc2)cc1OC. The summed E-state index contributed by atoms with van der Waals surface area (Å²) < 4.78 is 10.5. The highest BCUT2D eigenvalue weighted by molar-refractivity contribution is 6.30. The van der Waals surface area contributed by atoms with E-state index in [9.17, 15) is 0 Å². The molecule has 0 radical (unpaired) electrons. The van der Waals surface area contributed by atoms with Crippen LogP contribution in [0.3, 0.4) is 0 Å². The minimum absolute atomic E-state index is 0.722. The molecule has 2 nitrogen and oxygen atoms in total. The summed E-state index contributed by atoms with van der Waals surface area (Å²) in [5.41, 5.74) is 2.16. The predicted molar refractivity (Wildman–Crippen MR) is 70.0 cm³/mol. The van der Waals surface area contributed by atoms with Crippen LogP contribution >= 0.6 is 11.6 Å². The van der Waals surface area contributed by atoms with Crippen LogP contribution in [-0.2, 0) is 0 Å². The molecule has 0 aliphatic carbocycles. The fourth-order valence-electron chi connectivity index (χ4n) is 1.66. The summed E-state index contributed by atoms with van der Waals surface area (Å²) in [6, 6.07) is 13.5. The van der Waals surface area contributed by atoms with Crippen LogP contribution in [0.2, 0.25) is 5.02 Å². The maximum Gasteiger partial charge on any atom is 0.161 e. The van der Waals surface area contributed by atoms with E-state index in [0.717, 1.165) is 27.6 Å². The molecule has 2 aromatic carbocycles. The van der Waals surface area contributed by atoms with E-state index in [0.29, 0.717) is 0 Å². The highest BCUT2D eigenvalue weighted by Gasteiger charge is 2.05. The third-order valence-electron chi connectivity index (χ3n) is 2.56. The van der Waals surface area contributed by atoms with Crippen LogP contribution in [-0.4, -0.2) is 14.2 Å². The zero-order valence-electron chi connectivity index (χ0n) is 9.74. The molecule has 88 valence electrons.